The number of hydrogen-bond donors (Lipinski definition) is 3. The van der Waals surface area contributed by atoms with E-state index in [1.54, 1.807) is 37.3 Å². The molecule has 1 atom stereocenters. The van der Waals surface area contributed by atoms with Gasteiger partial charge in [0.2, 0.25) is 5.91 Å². The predicted octanol–water partition coefficient (Wildman–Crippen LogP) is 1.54. The van der Waals surface area contributed by atoms with Crippen molar-refractivity contribution < 1.29 is 22.7 Å². The van der Waals surface area contributed by atoms with E-state index in [9.17, 15) is 13.2 Å². The number of nitrogens with one attached hydrogen (secondary N) is 2. The van der Waals surface area contributed by atoms with E-state index in [-0.39, 0.29) is 4.90 Å². The van der Waals surface area contributed by atoms with Crippen LogP contribution in [-0.2, 0) is 14.8 Å². The molecule has 0 aliphatic carbocycles. The van der Waals surface area contributed by atoms with Gasteiger partial charge in [0.15, 0.2) is 11.5 Å². The Kier molecular flexibility index (Phi) is 4.90. The average Bonchev–Trinajstić information content (AvgIpc) is 2.62. The molecular weight excluding hydrogens is 358 g/mol. The minimum absolute atomic E-state index is 0.0753. The Morgan fingerprint density at radius 3 is 2.31 bits per heavy atom. The lowest BCUT2D eigenvalue weighted by Gasteiger charge is -2.19. The monoisotopic (exact) mass is 377 g/mol. The molecule has 1 heterocycles. The average molecular weight is 377 g/mol. The van der Waals surface area contributed by atoms with Gasteiger partial charge in [-0.25, -0.2) is 8.42 Å². The van der Waals surface area contributed by atoms with Gasteiger partial charge in [-0.15, -0.1) is 0 Å². The summed E-state index contributed by atoms with van der Waals surface area (Å²) in [5.41, 5.74) is 6.24. The molecule has 0 radical (unpaired) electrons. The Hall–Kier alpha value is -2.94. The fraction of sp³-hybridized carbons (Fsp3) is 0.235. The molecule has 1 aliphatic rings. The highest BCUT2D eigenvalue weighted by molar-refractivity contribution is 7.92. The van der Waals surface area contributed by atoms with E-state index < -0.39 is 22.0 Å². The Balaban J connectivity index is 1.74. The normalized spacial score (nSPS) is 14.3. The van der Waals surface area contributed by atoms with Gasteiger partial charge < -0.3 is 20.5 Å². The molecule has 0 saturated carbocycles. The highest BCUT2D eigenvalue weighted by Gasteiger charge is 2.19. The lowest BCUT2D eigenvalue weighted by atomic mass is 10.2. The van der Waals surface area contributed by atoms with E-state index in [0.29, 0.717) is 36.1 Å². The minimum Gasteiger partial charge on any atom is -0.486 e. The number of rotatable bonds is 6. The van der Waals surface area contributed by atoms with Crippen molar-refractivity contribution in [3.05, 3.63) is 42.5 Å². The molecule has 0 saturated heterocycles. The minimum atomic E-state index is -3.78. The van der Waals surface area contributed by atoms with Crippen LogP contribution in [0, 0.1) is 0 Å². The molecule has 8 nitrogen and oxygen atoms in total. The first-order chi connectivity index (χ1) is 12.3. The number of nitrogens with two attached hydrogens (primary N) is 1. The van der Waals surface area contributed by atoms with Crippen LogP contribution in [0.2, 0.25) is 0 Å². The summed E-state index contributed by atoms with van der Waals surface area (Å²) in [5.74, 6) is 0.446. The number of fused-ring (bicyclic) bond motifs is 1. The number of carbonyl (C=O) groups is 1. The van der Waals surface area contributed by atoms with Crippen LogP contribution in [0.25, 0.3) is 0 Å². The topological polar surface area (TPSA) is 120 Å². The molecule has 0 fully saturated rings. The van der Waals surface area contributed by atoms with E-state index >= 15 is 0 Å². The van der Waals surface area contributed by atoms with Gasteiger partial charge in [0.05, 0.1) is 4.90 Å². The van der Waals surface area contributed by atoms with Crippen LogP contribution >= 0.6 is 0 Å². The molecule has 1 unspecified atom stereocenters. The number of carbonyl (C=O) groups excluding carboxylic acids is 1. The summed E-state index contributed by atoms with van der Waals surface area (Å²) in [7, 11) is -3.78. The zero-order valence-corrected chi connectivity index (χ0v) is 14.9. The van der Waals surface area contributed by atoms with Crippen molar-refractivity contribution in [1.29, 1.82) is 0 Å². The molecule has 1 amide bonds. The number of anilines is 2. The highest BCUT2D eigenvalue weighted by Crippen LogP contribution is 2.32. The highest BCUT2D eigenvalue weighted by atomic mass is 32.2. The summed E-state index contributed by atoms with van der Waals surface area (Å²) in [6.45, 7) is 2.45. The predicted molar refractivity (Wildman–Crippen MR) is 97.0 cm³/mol. The number of amides is 1. The second-order valence-electron chi connectivity index (χ2n) is 5.76. The Morgan fingerprint density at radius 1 is 1.04 bits per heavy atom. The van der Waals surface area contributed by atoms with Crippen molar-refractivity contribution in [2.24, 2.45) is 5.73 Å². The van der Waals surface area contributed by atoms with Gasteiger partial charge in [-0.05, 0) is 43.3 Å². The quantitative estimate of drug-likeness (QED) is 0.702. The third kappa shape index (κ3) is 3.99. The maximum Gasteiger partial charge on any atom is 0.262 e. The molecule has 1 aliphatic heterocycles. The first-order valence-electron chi connectivity index (χ1n) is 7.93. The molecule has 0 aromatic heterocycles. The van der Waals surface area contributed by atoms with E-state index in [1.165, 1.54) is 12.1 Å². The summed E-state index contributed by atoms with van der Waals surface area (Å²) in [4.78, 5) is 11.1. The lowest BCUT2D eigenvalue weighted by molar-refractivity contribution is -0.118. The second-order valence-corrected chi connectivity index (χ2v) is 7.44. The molecule has 9 heteroatoms. The molecule has 0 spiro atoms. The van der Waals surface area contributed by atoms with Crippen LogP contribution in [-0.4, -0.2) is 33.6 Å². The molecule has 138 valence electrons. The van der Waals surface area contributed by atoms with E-state index in [0.717, 1.165) is 0 Å². The standard InChI is InChI=1S/C17H19N3O5S/c1-11(17(18)21)19-12-2-4-13(5-3-12)20-26(22,23)14-6-7-15-16(10-14)25-9-8-24-15/h2-7,10-11,19-20H,8-9H2,1H3,(H2,18,21). The van der Waals surface area contributed by atoms with Gasteiger partial charge in [-0.1, -0.05) is 0 Å². The molecule has 4 N–H and O–H groups in total. The smallest absolute Gasteiger partial charge is 0.262 e. The van der Waals surface area contributed by atoms with E-state index in [2.05, 4.69) is 10.0 Å². The number of benzene rings is 2. The van der Waals surface area contributed by atoms with Crippen LogP contribution in [0.3, 0.4) is 0 Å². The lowest BCUT2D eigenvalue weighted by Crippen LogP contribution is -2.32. The zero-order valence-electron chi connectivity index (χ0n) is 14.1. The van der Waals surface area contributed by atoms with Crippen molar-refractivity contribution in [2.45, 2.75) is 17.9 Å². The van der Waals surface area contributed by atoms with Gasteiger partial charge in [0, 0.05) is 17.4 Å². The summed E-state index contributed by atoms with van der Waals surface area (Å²) < 4.78 is 38.4. The van der Waals surface area contributed by atoms with Crippen LogP contribution in [0.1, 0.15) is 6.92 Å². The van der Waals surface area contributed by atoms with Crippen LogP contribution in [0.15, 0.2) is 47.4 Å². The molecule has 2 aromatic rings. The van der Waals surface area contributed by atoms with Gasteiger partial charge in [0.25, 0.3) is 10.0 Å². The fourth-order valence-corrected chi connectivity index (χ4v) is 3.43. The molecule has 2 aromatic carbocycles. The van der Waals surface area contributed by atoms with Gasteiger partial charge in [-0.3, -0.25) is 9.52 Å². The maximum atomic E-state index is 12.6. The van der Waals surface area contributed by atoms with Crippen LogP contribution in [0.5, 0.6) is 11.5 Å². The Bertz CT molecular complexity index is 912. The molecular formula is C17H19N3O5S. The zero-order chi connectivity index (χ0) is 18.7. The Morgan fingerprint density at radius 2 is 1.65 bits per heavy atom. The first-order valence-corrected chi connectivity index (χ1v) is 9.42. The van der Waals surface area contributed by atoms with Crippen LogP contribution in [0.4, 0.5) is 11.4 Å². The third-order valence-electron chi connectivity index (χ3n) is 3.77. The molecule has 3 rings (SSSR count). The fourth-order valence-electron chi connectivity index (χ4n) is 2.36. The van der Waals surface area contributed by atoms with E-state index in [1.807, 2.05) is 0 Å². The van der Waals surface area contributed by atoms with Gasteiger partial charge in [-0.2, -0.15) is 0 Å². The maximum absolute atomic E-state index is 12.6. The summed E-state index contributed by atoms with van der Waals surface area (Å²) >= 11 is 0. The first kappa shape index (κ1) is 17.9. The Labute approximate surface area is 151 Å². The number of ether oxygens (including phenoxy) is 2. The van der Waals surface area contributed by atoms with Crippen molar-refractivity contribution >= 4 is 27.3 Å². The summed E-state index contributed by atoms with van der Waals surface area (Å²) in [6.07, 6.45) is 0. The summed E-state index contributed by atoms with van der Waals surface area (Å²) in [6, 6.07) is 10.4. The van der Waals surface area contributed by atoms with Crippen molar-refractivity contribution in [1.82, 2.24) is 0 Å². The van der Waals surface area contributed by atoms with E-state index in [4.69, 9.17) is 15.2 Å². The molecule has 26 heavy (non-hydrogen) atoms. The largest absolute Gasteiger partial charge is 0.486 e. The van der Waals surface area contributed by atoms with Gasteiger partial charge >= 0.3 is 0 Å². The van der Waals surface area contributed by atoms with Crippen molar-refractivity contribution in [3.8, 4) is 11.5 Å². The number of sulfonamides is 1. The molecule has 0 bridgehead atoms. The van der Waals surface area contributed by atoms with Crippen LogP contribution < -0.4 is 25.2 Å². The number of primary amides is 1. The number of hydrogen-bond acceptors (Lipinski definition) is 6. The third-order valence-corrected chi connectivity index (χ3v) is 5.15. The van der Waals surface area contributed by atoms with Crippen molar-refractivity contribution in [3.63, 3.8) is 0 Å². The second kappa shape index (κ2) is 7.12. The SMILES string of the molecule is CC(Nc1ccc(NS(=O)(=O)c2ccc3c(c2)OCCO3)cc1)C(N)=O. The van der Waals surface area contributed by atoms with Crippen molar-refractivity contribution in [2.75, 3.05) is 23.3 Å². The summed E-state index contributed by atoms with van der Waals surface area (Å²) in [5, 5.41) is 2.92. The van der Waals surface area contributed by atoms with Gasteiger partial charge in [0.1, 0.15) is 19.3 Å².